The smallest absolute Gasteiger partial charge is 0.0619 e. The van der Waals surface area contributed by atoms with Gasteiger partial charge in [0.1, 0.15) is 0 Å². The number of hydrogen-bond donors (Lipinski definition) is 0. The van der Waals surface area contributed by atoms with Gasteiger partial charge in [0.25, 0.3) is 0 Å². The lowest BCUT2D eigenvalue weighted by Crippen LogP contribution is -2.26. The van der Waals surface area contributed by atoms with Crippen molar-refractivity contribution in [3.8, 4) is 44.5 Å². The molecule has 0 radical (unpaired) electrons. The fourth-order valence-corrected chi connectivity index (χ4v) is 13.3. The van der Waals surface area contributed by atoms with Gasteiger partial charge in [0.15, 0.2) is 0 Å². The van der Waals surface area contributed by atoms with Gasteiger partial charge in [0, 0.05) is 0 Å². The van der Waals surface area contributed by atoms with Crippen LogP contribution in [0.25, 0.3) is 120 Å². The summed E-state index contributed by atoms with van der Waals surface area (Å²) in [6.45, 7) is 13.9. The molecule has 326 valence electrons. The molecule has 0 aliphatic heterocycles. The molecule has 2 aliphatic carbocycles. The third kappa shape index (κ3) is 5.19. The minimum Gasteiger partial charge on any atom is -0.0619 e. The zero-order valence-electron chi connectivity index (χ0n) is 40.0. The van der Waals surface area contributed by atoms with Gasteiger partial charge in [-0.05, 0) is 194 Å². The highest BCUT2D eigenvalue weighted by Gasteiger charge is 2.52. The molecule has 13 aromatic carbocycles. The van der Waals surface area contributed by atoms with Crippen molar-refractivity contribution in [2.45, 2.75) is 57.8 Å². The van der Waals surface area contributed by atoms with Crippen LogP contribution in [0.1, 0.15) is 74.9 Å². The summed E-state index contributed by atoms with van der Waals surface area (Å²) in [5.41, 5.74) is 18.2. The first-order valence-corrected chi connectivity index (χ1v) is 24.8. The number of hydrogen-bond acceptors (Lipinski definition) is 0. The van der Waals surface area contributed by atoms with Crippen LogP contribution in [0.2, 0.25) is 0 Å². The molecule has 0 heterocycles. The molecule has 0 aromatic heterocycles. The van der Waals surface area contributed by atoms with Crippen molar-refractivity contribution in [1.82, 2.24) is 0 Å². The Morgan fingerprint density at radius 2 is 0.681 bits per heavy atom. The van der Waals surface area contributed by atoms with E-state index in [4.69, 9.17) is 0 Å². The van der Waals surface area contributed by atoms with E-state index in [1.165, 1.54) is 153 Å². The lowest BCUT2D eigenvalue weighted by atomic mass is 9.69. The third-order valence-corrected chi connectivity index (χ3v) is 16.5. The SMILES string of the molecule is CC(C)(C)c1cc2ccc3cc(-c4ccc5c(c4)C4(c6ccccc6-c6ccccc64)c4c-5ccc5c(-c6cc7ccc8cc(C(C)(C)C)cc9ccc(c6)c7c89)cccc45)cc4ccc(c1)c2c34. The maximum Gasteiger partial charge on any atom is 0.0731 e. The van der Waals surface area contributed by atoms with Gasteiger partial charge >= 0.3 is 0 Å². The van der Waals surface area contributed by atoms with Crippen molar-refractivity contribution in [2.24, 2.45) is 0 Å². The maximum absolute atomic E-state index is 2.55. The van der Waals surface area contributed by atoms with Gasteiger partial charge in [-0.25, -0.2) is 0 Å². The van der Waals surface area contributed by atoms with Crippen LogP contribution in [0, 0.1) is 0 Å². The second kappa shape index (κ2) is 13.2. The summed E-state index contributed by atoms with van der Waals surface area (Å²) < 4.78 is 0. The van der Waals surface area contributed by atoms with Crippen LogP contribution in [0.4, 0.5) is 0 Å². The monoisotopic (exact) mass is 878 g/mol. The second-order valence-electron chi connectivity index (χ2n) is 22.4. The Hall–Kier alpha value is -7.80. The molecule has 0 N–H and O–H groups in total. The van der Waals surface area contributed by atoms with Gasteiger partial charge in [0.05, 0.1) is 5.41 Å². The molecular weight excluding hydrogens is 829 g/mol. The first kappa shape index (κ1) is 39.2. The first-order chi connectivity index (χ1) is 33.4. The molecule has 0 heteroatoms. The Morgan fingerprint density at radius 1 is 0.275 bits per heavy atom. The third-order valence-electron chi connectivity index (χ3n) is 16.5. The molecule has 0 fully saturated rings. The van der Waals surface area contributed by atoms with Crippen LogP contribution in [-0.2, 0) is 16.2 Å². The summed E-state index contributed by atoms with van der Waals surface area (Å²) in [4.78, 5) is 0. The number of rotatable bonds is 2. The van der Waals surface area contributed by atoms with Gasteiger partial charge in [-0.3, -0.25) is 0 Å². The van der Waals surface area contributed by atoms with Crippen LogP contribution in [0.5, 0.6) is 0 Å². The van der Waals surface area contributed by atoms with E-state index >= 15 is 0 Å². The van der Waals surface area contributed by atoms with E-state index in [0.717, 1.165) is 0 Å². The van der Waals surface area contributed by atoms with Crippen molar-refractivity contribution in [3.05, 3.63) is 228 Å². The Bertz CT molecular complexity index is 4190. The topological polar surface area (TPSA) is 0 Å². The molecule has 0 saturated heterocycles. The van der Waals surface area contributed by atoms with E-state index in [0.29, 0.717) is 0 Å². The van der Waals surface area contributed by atoms with Crippen molar-refractivity contribution in [3.63, 3.8) is 0 Å². The normalized spacial score (nSPS) is 14.1. The van der Waals surface area contributed by atoms with E-state index in [-0.39, 0.29) is 10.8 Å². The highest BCUT2D eigenvalue weighted by Crippen LogP contribution is 2.65. The molecule has 0 bridgehead atoms. The predicted octanol–water partition coefficient (Wildman–Crippen LogP) is 18.9. The predicted molar refractivity (Wildman–Crippen MR) is 296 cm³/mol. The highest BCUT2D eigenvalue weighted by molar-refractivity contribution is 6.25. The summed E-state index contributed by atoms with van der Waals surface area (Å²) in [7, 11) is 0. The zero-order valence-corrected chi connectivity index (χ0v) is 40.0. The standard InChI is InChI=1S/C69H50/c1-67(2,3)50-34-44-22-18-40-30-48(31-41-19-23-45(35-50)64(44)62(40)41)39-26-27-56-58-29-28-53-52(49-32-42-20-24-46-36-51(68(4,5)6)37-47-25-21-43(33-49)63(42)65(46)47)14-11-15-57(53)66(58)69(61(56)38-39)59-16-9-7-12-54(59)55-13-8-10-17-60(55)69/h7-38H,1-6H3. The molecule has 69 heavy (non-hydrogen) atoms. The summed E-state index contributed by atoms with van der Waals surface area (Å²) in [6, 6.07) is 75.8. The van der Waals surface area contributed by atoms with Crippen LogP contribution in [0.15, 0.2) is 194 Å². The Morgan fingerprint density at radius 3 is 1.16 bits per heavy atom. The molecule has 0 nitrogen and oxygen atoms in total. The fraction of sp³-hybridized carbons (Fsp3) is 0.130. The maximum atomic E-state index is 2.55. The lowest BCUT2D eigenvalue weighted by Gasteiger charge is -2.32. The van der Waals surface area contributed by atoms with E-state index in [9.17, 15) is 0 Å². The van der Waals surface area contributed by atoms with E-state index < -0.39 is 5.41 Å². The van der Waals surface area contributed by atoms with Crippen LogP contribution >= 0.6 is 0 Å². The second-order valence-corrected chi connectivity index (χ2v) is 22.4. The largest absolute Gasteiger partial charge is 0.0731 e. The fourth-order valence-electron chi connectivity index (χ4n) is 13.3. The minimum atomic E-state index is -0.508. The summed E-state index contributed by atoms with van der Waals surface area (Å²) in [5, 5.41) is 18.5. The molecule has 0 saturated carbocycles. The van der Waals surface area contributed by atoms with Crippen LogP contribution < -0.4 is 0 Å². The van der Waals surface area contributed by atoms with Crippen molar-refractivity contribution < 1.29 is 0 Å². The van der Waals surface area contributed by atoms with Crippen molar-refractivity contribution in [1.29, 1.82) is 0 Å². The summed E-state index contributed by atoms with van der Waals surface area (Å²) in [6.07, 6.45) is 0. The molecule has 15 rings (SSSR count). The van der Waals surface area contributed by atoms with E-state index in [2.05, 4.69) is 236 Å². The molecular formula is C69H50. The van der Waals surface area contributed by atoms with Gasteiger partial charge in [-0.2, -0.15) is 0 Å². The number of fused-ring (bicyclic) bond motifs is 12. The van der Waals surface area contributed by atoms with Gasteiger partial charge in [-0.15, -0.1) is 0 Å². The quantitative estimate of drug-likeness (QED) is 0.152. The Balaban J connectivity index is 0.949. The summed E-state index contributed by atoms with van der Waals surface area (Å²) in [5.74, 6) is 0. The van der Waals surface area contributed by atoms with Gasteiger partial charge in [0.2, 0.25) is 0 Å². The highest BCUT2D eigenvalue weighted by atomic mass is 14.5. The molecule has 0 amide bonds. The van der Waals surface area contributed by atoms with E-state index in [1.54, 1.807) is 0 Å². The minimum absolute atomic E-state index is 0.0833. The van der Waals surface area contributed by atoms with Gasteiger partial charge in [-0.1, -0.05) is 205 Å². The zero-order chi connectivity index (χ0) is 46.3. The molecule has 2 aliphatic rings. The van der Waals surface area contributed by atoms with E-state index in [1.807, 2.05) is 0 Å². The number of benzene rings is 13. The van der Waals surface area contributed by atoms with Crippen molar-refractivity contribution in [2.75, 3.05) is 0 Å². The molecule has 0 unspecified atom stereocenters. The van der Waals surface area contributed by atoms with Crippen molar-refractivity contribution >= 4 is 75.4 Å². The van der Waals surface area contributed by atoms with Gasteiger partial charge < -0.3 is 0 Å². The van der Waals surface area contributed by atoms with Crippen LogP contribution in [-0.4, -0.2) is 0 Å². The molecule has 1 spiro atoms. The lowest BCUT2D eigenvalue weighted by molar-refractivity contribution is 0.591. The Labute approximate surface area is 403 Å². The van der Waals surface area contributed by atoms with Crippen LogP contribution in [0.3, 0.4) is 0 Å². The summed E-state index contributed by atoms with van der Waals surface area (Å²) >= 11 is 0. The average molecular weight is 879 g/mol. The molecule has 13 aromatic rings. The Kier molecular flexibility index (Phi) is 7.53. The molecule has 0 atom stereocenters. The average Bonchev–Trinajstić information content (AvgIpc) is 3.83. The first-order valence-electron chi connectivity index (χ1n) is 24.8.